The molecule has 0 radical (unpaired) electrons. The smallest absolute Gasteiger partial charge is 0.405 e. The van der Waals surface area contributed by atoms with E-state index in [1.54, 1.807) is 18.3 Å². The number of nitrogens with one attached hydrogen (secondary N) is 2. The lowest BCUT2D eigenvalue weighted by Crippen LogP contribution is -2.21. The van der Waals surface area contributed by atoms with Crippen LogP contribution < -0.4 is 10.4 Å². The molecule has 2 N–H and O–H groups in total. The van der Waals surface area contributed by atoms with Gasteiger partial charge >= 0.3 is 12.1 Å². The maximum Gasteiger partial charge on any atom is 0.573 e. The van der Waals surface area contributed by atoms with Crippen LogP contribution in [0.4, 0.5) is 13.2 Å². The van der Waals surface area contributed by atoms with E-state index in [1.165, 1.54) is 29.0 Å². The molecule has 4 aromatic rings. The van der Waals surface area contributed by atoms with Crippen LogP contribution in [0.1, 0.15) is 5.56 Å². The molecule has 3 heterocycles. The van der Waals surface area contributed by atoms with Gasteiger partial charge in [0.25, 0.3) is 0 Å². The molecule has 128 valence electrons. The standard InChI is InChI=1S/C16H11F3N4O2/c17-16(18,19)25-12-4-2-1-3-9(12)8-23-13-10-5-6-20-14(10)21-7-11(13)22-15(23)24/h1-7H,8H2,(H,20,21)(H,22,24). The fourth-order valence-corrected chi connectivity index (χ4v) is 2.84. The average Bonchev–Trinajstić information content (AvgIpc) is 3.12. The van der Waals surface area contributed by atoms with Gasteiger partial charge in [-0.05, 0) is 12.1 Å². The number of halogens is 3. The summed E-state index contributed by atoms with van der Waals surface area (Å²) in [4.78, 5) is 22.1. The van der Waals surface area contributed by atoms with E-state index in [0.29, 0.717) is 22.1 Å². The molecule has 3 aromatic heterocycles. The van der Waals surface area contributed by atoms with Crippen molar-refractivity contribution in [3.63, 3.8) is 0 Å². The van der Waals surface area contributed by atoms with Crippen molar-refractivity contribution in [2.75, 3.05) is 0 Å². The number of alkyl halides is 3. The van der Waals surface area contributed by atoms with Gasteiger partial charge in [-0.1, -0.05) is 18.2 Å². The molecule has 0 amide bonds. The minimum atomic E-state index is -4.81. The normalized spacial score (nSPS) is 12.1. The lowest BCUT2D eigenvalue weighted by Gasteiger charge is -2.13. The highest BCUT2D eigenvalue weighted by molar-refractivity contribution is 6.00. The Morgan fingerprint density at radius 3 is 2.80 bits per heavy atom. The molecule has 4 rings (SSSR count). The van der Waals surface area contributed by atoms with E-state index in [1.807, 2.05) is 0 Å². The number of benzene rings is 1. The Morgan fingerprint density at radius 2 is 2.00 bits per heavy atom. The zero-order valence-corrected chi connectivity index (χ0v) is 12.6. The van der Waals surface area contributed by atoms with Gasteiger partial charge in [0.1, 0.15) is 11.4 Å². The lowest BCUT2D eigenvalue weighted by molar-refractivity contribution is -0.274. The van der Waals surface area contributed by atoms with E-state index in [4.69, 9.17) is 0 Å². The maximum atomic E-state index is 12.6. The van der Waals surface area contributed by atoms with Gasteiger partial charge in [0.05, 0.1) is 23.8 Å². The zero-order valence-electron chi connectivity index (χ0n) is 12.6. The number of imidazole rings is 1. The Labute approximate surface area is 137 Å². The van der Waals surface area contributed by atoms with Gasteiger partial charge in [-0.15, -0.1) is 13.2 Å². The Morgan fingerprint density at radius 1 is 1.20 bits per heavy atom. The minimum Gasteiger partial charge on any atom is -0.405 e. The molecule has 0 bridgehead atoms. The molecule has 0 saturated heterocycles. The van der Waals surface area contributed by atoms with Crippen LogP contribution in [0, 0.1) is 0 Å². The second kappa shape index (κ2) is 5.40. The molecule has 25 heavy (non-hydrogen) atoms. The van der Waals surface area contributed by atoms with E-state index >= 15 is 0 Å². The van der Waals surface area contributed by atoms with Crippen molar-refractivity contribution in [3.05, 3.63) is 58.8 Å². The number of para-hydroxylation sites is 1. The summed E-state index contributed by atoms with van der Waals surface area (Å²) in [5.74, 6) is -0.337. The number of fused-ring (bicyclic) bond motifs is 3. The fraction of sp³-hybridized carbons (Fsp3) is 0.125. The molecule has 6 nitrogen and oxygen atoms in total. The van der Waals surface area contributed by atoms with Gasteiger partial charge in [-0.25, -0.2) is 9.78 Å². The second-order valence-corrected chi connectivity index (χ2v) is 5.43. The van der Waals surface area contributed by atoms with Crippen LogP contribution in [-0.4, -0.2) is 25.9 Å². The number of aromatic amines is 2. The highest BCUT2D eigenvalue weighted by Gasteiger charge is 2.32. The summed E-state index contributed by atoms with van der Waals surface area (Å²) in [5.41, 5.74) is 1.46. The number of hydrogen-bond acceptors (Lipinski definition) is 3. The summed E-state index contributed by atoms with van der Waals surface area (Å²) in [6.07, 6.45) is -1.62. The number of hydrogen-bond donors (Lipinski definition) is 2. The van der Waals surface area contributed by atoms with Gasteiger partial charge < -0.3 is 14.7 Å². The molecule has 0 atom stereocenters. The van der Waals surface area contributed by atoms with E-state index in [0.717, 1.165) is 0 Å². The summed E-state index contributed by atoms with van der Waals surface area (Å²) in [6.45, 7) is -0.0740. The second-order valence-electron chi connectivity index (χ2n) is 5.43. The first-order chi connectivity index (χ1) is 11.9. The SMILES string of the molecule is O=c1[nH]c2cnc3[nH]ccc3c2n1Cc1ccccc1OC(F)(F)F. The monoisotopic (exact) mass is 348 g/mol. The Balaban J connectivity index is 1.86. The highest BCUT2D eigenvalue weighted by Crippen LogP contribution is 2.28. The van der Waals surface area contributed by atoms with Crippen molar-refractivity contribution in [1.29, 1.82) is 0 Å². The predicted molar refractivity (Wildman–Crippen MR) is 84.4 cm³/mol. The highest BCUT2D eigenvalue weighted by atomic mass is 19.4. The van der Waals surface area contributed by atoms with Crippen molar-refractivity contribution in [2.24, 2.45) is 0 Å². The fourth-order valence-electron chi connectivity index (χ4n) is 2.84. The number of nitrogens with zero attached hydrogens (tertiary/aromatic N) is 2. The summed E-state index contributed by atoms with van der Waals surface area (Å²) >= 11 is 0. The van der Waals surface area contributed by atoms with Crippen molar-refractivity contribution >= 4 is 22.1 Å². The molecule has 0 unspecified atom stereocenters. The van der Waals surface area contributed by atoms with Crippen LogP contribution in [0.25, 0.3) is 22.1 Å². The lowest BCUT2D eigenvalue weighted by atomic mass is 10.2. The van der Waals surface area contributed by atoms with E-state index in [9.17, 15) is 18.0 Å². The van der Waals surface area contributed by atoms with E-state index < -0.39 is 12.1 Å². The van der Waals surface area contributed by atoms with Crippen LogP contribution in [-0.2, 0) is 6.54 Å². The van der Waals surface area contributed by atoms with Gasteiger partial charge in [-0.3, -0.25) is 4.57 Å². The predicted octanol–water partition coefficient (Wildman–Crippen LogP) is 3.15. The van der Waals surface area contributed by atoms with Crippen LogP contribution >= 0.6 is 0 Å². The molecule has 9 heteroatoms. The molecule has 0 saturated carbocycles. The molecule has 0 aliphatic carbocycles. The summed E-state index contributed by atoms with van der Waals surface area (Å²) in [7, 11) is 0. The quantitative estimate of drug-likeness (QED) is 0.597. The van der Waals surface area contributed by atoms with Crippen LogP contribution in [0.2, 0.25) is 0 Å². The zero-order chi connectivity index (χ0) is 17.6. The Kier molecular flexibility index (Phi) is 3.31. The summed E-state index contributed by atoms with van der Waals surface area (Å²) in [5, 5.41) is 0.699. The summed E-state index contributed by atoms with van der Waals surface area (Å²) < 4.78 is 43.2. The van der Waals surface area contributed by atoms with Gasteiger partial charge in [0.2, 0.25) is 0 Å². The number of rotatable bonds is 3. The third-order valence-corrected chi connectivity index (χ3v) is 3.84. The first-order valence-corrected chi connectivity index (χ1v) is 7.30. The number of H-pyrrole nitrogens is 2. The van der Waals surface area contributed by atoms with E-state index in [2.05, 4.69) is 19.7 Å². The first kappa shape index (κ1) is 15.3. The first-order valence-electron chi connectivity index (χ1n) is 7.30. The van der Waals surface area contributed by atoms with Crippen LogP contribution in [0.3, 0.4) is 0 Å². The van der Waals surface area contributed by atoms with Gasteiger partial charge in [-0.2, -0.15) is 0 Å². The van der Waals surface area contributed by atoms with Crippen LogP contribution in [0.15, 0.2) is 47.5 Å². The molecule has 0 aliphatic rings. The maximum absolute atomic E-state index is 12.6. The van der Waals surface area contributed by atoms with Crippen LogP contribution in [0.5, 0.6) is 5.75 Å². The third-order valence-electron chi connectivity index (χ3n) is 3.84. The number of pyridine rings is 1. The number of ether oxygens (including phenoxy) is 1. The van der Waals surface area contributed by atoms with Crippen molar-refractivity contribution in [3.8, 4) is 5.75 Å². The molecular weight excluding hydrogens is 337 g/mol. The van der Waals surface area contributed by atoms with Crippen molar-refractivity contribution in [2.45, 2.75) is 12.9 Å². The molecule has 0 fully saturated rings. The molecule has 0 aliphatic heterocycles. The van der Waals surface area contributed by atoms with Gasteiger partial charge in [0, 0.05) is 17.1 Å². The average molecular weight is 348 g/mol. The van der Waals surface area contributed by atoms with E-state index in [-0.39, 0.29) is 17.9 Å². The topological polar surface area (TPSA) is 75.7 Å². The summed E-state index contributed by atoms with van der Waals surface area (Å²) in [6, 6.07) is 7.49. The van der Waals surface area contributed by atoms with Gasteiger partial charge in [0.15, 0.2) is 0 Å². The van der Waals surface area contributed by atoms with Crippen molar-refractivity contribution < 1.29 is 17.9 Å². The van der Waals surface area contributed by atoms with Crippen molar-refractivity contribution in [1.82, 2.24) is 19.5 Å². The molecule has 0 spiro atoms. The Bertz CT molecular complexity index is 1120. The molecular formula is C16H11F3N4O2. The Hall–Kier alpha value is -3.23. The largest absolute Gasteiger partial charge is 0.573 e. The number of aromatic nitrogens is 4. The third kappa shape index (κ3) is 2.73. The minimum absolute atomic E-state index is 0.0740. The molecule has 1 aromatic carbocycles.